The SMILES string of the molecule is Cc1cc(Br)cc(C(=O)OC(C)(C)C)c1C. The molecule has 0 saturated carbocycles. The van der Waals surface area contributed by atoms with E-state index in [1.165, 1.54) is 0 Å². The molecule has 1 rings (SSSR count). The van der Waals surface area contributed by atoms with E-state index in [0.29, 0.717) is 5.56 Å². The lowest BCUT2D eigenvalue weighted by Gasteiger charge is -2.20. The third-order valence-corrected chi connectivity index (χ3v) is 2.71. The van der Waals surface area contributed by atoms with Crippen LogP contribution in [0.2, 0.25) is 0 Å². The van der Waals surface area contributed by atoms with Crippen molar-refractivity contribution in [3.8, 4) is 0 Å². The van der Waals surface area contributed by atoms with Crippen LogP contribution in [0.25, 0.3) is 0 Å². The summed E-state index contributed by atoms with van der Waals surface area (Å²) in [5.74, 6) is -0.269. The summed E-state index contributed by atoms with van der Waals surface area (Å²) in [5, 5.41) is 0. The number of aryl methyl sites for hydroxylation is 1. The fraction of sp³-hybridized carbons (Fsp3) is 0.462. The van der Waals surface area contributed by atoms with Gasteiger partial charge in [0, 0.05) is 4.47 Å². The average Bonchev–Trinajstić information content (AvgIpc) is 2.08. The molecule has 0 spiro atoms. The standard InChI is InChI=1S/C13H17BrO2/c1-8-6-10(14)7-11(9(8)2)12(15)16-13(3,4)5/h6-7H,1-5H3. The summed E-state index contributed by atoms with van der Waals surface area (Å²) in [6.45, 7) is 9.51. The van der Waals surface area contributed by atoms with Gasteiger partial charge < -0.3 is 4.74 Å². The fourth-order valence-electron chi connectivity index (χ4n) is 1.36. The maximum Gasteiger partial charge on any atom is 0.338 e. The third kappa shape index (κ3) is 3.34. The van der Waals surface area contributed by atoms with Gasteiger partial charge in [0.05, 0.1) is 5.56 Å². The average molecular weight is 285 g/mol. The van der Waals surface area contributed by atoms with Crippen LogP contribution in [0.5, 0.6) is 0 Å². The van der Waals surface area contributed by atoms with Crippen molar-refractivity contribution >= 4 is 21.9 Å². The molecule has 0 radical (unpaired) electrons. The van der Waals surface area contributed by atoms with Gasteiger partial charge in [-0.2, -0.15) is 0 Å². The monoisotopic (exact) mass is 284 g/mol. The lowest BCUT2D eigenvalue weighted by molar-refractivity contribution is 0.00686. The Bertz CT molecular complexity index is 417. The number of rotatable bonds is 1. The molecule has 0 aromatic heterocycles. The number of hydrogen-bond donors (Lipinski definition) is 0. The number of carbonyl (C=O) groups excluding carboxylic acids is 1. The molecule has 88 valence electrons. The van der Waals surface area contributed by atoms with Crippen molar-refractivity contribution in [1.29, 1.82) is 0 Å². The molecule has 0 heterocycles. The normalized spacial score (nSPS) is 11.4. The number of benzene rings is 1. The van der Waals surface area contributed by atoms with Crippen LogP contribution in [-0.4, -0.2) is 11.6 Å². The molecule has 0 aliphatic rings. The summed E-state index contributed by atoms with van der Waals surface area (Å²) in [4.78, 5) is 11.9. The second-order valence-electron chi connectivity index (χ2n) is 4.90. The Hall–Kier alpha value is -0.830. The molecule has 0 fully saturated rings. The maximum atomic E-state index is 11.9. The topological polar surface area (TPSA) is 26.3 Å². The molecule has 0 N–H and O–H groups in total. The van der Waals surface area contributed by atoms with Crippen molar-refractivity contribution in [1.82, 2.24) is 0 Å². The van der Waals surface area contributed by atoms with Crippen LogP contribution in [0.15, 0.2) is 16.6 Å². The second kappa shape index (κ2) is 4.58. The molecule has 0 aliphatic heterocycles. The van der Waals surface area contributed by atoms with Gasteiger partial charge in [-0.3, -0.25) is 0 Å². The minimum Gasteiger partial charge on any atom is -0.456 e. The van der Waals surface area contributed by atoms with Gasteiger partial charge in [-0.15, -0.1) is 0 Å². The molecular weight excluding hydrogens is 268 g/mol. The molecule has 0 aliphatic carbocycles. The van der Waals surface area contributed by atoms with E-state index in [9.17, 15) is 4.79 Å². The zero-order chi connectivity index (χ0) is 12.5. The van der Waals surface area contributed by atoms with E-state index in [1.807, 2.05) is 40.7 Å². The van der Waals surface area contributed by atoms with Gasteiger partial charge in [-0.1, -0.05) is 15.9 Å². The van der Waals surface area contributed by atoms with Gasteiger partial charge in [0.2, 0.25) is 0 Å². The number of hydrogen-bond acceptors (Lipinski definition) is 2. The van der Waals surface area contributed by atoms with Crippen molar-refractivity contribution in [2.75, 3.05) is 0 Å². The van der Waals surface area contributed by atoms with E-state index in [0.717, 1.165) is 15.6 Å². The molecule has 0 saturated heterocycles. The molecule has 3 heteroatoms. The molecule has 0 atom stereocenters. The zero-order valence-corrected chi connectivity index (χ0v) is 11.9. The van der Waals surface area contributed by atoms with Crippen molar-refractivity contribution in [3.05, 3.63) is 33.3 Å². The van der Waals surface area contributed by atoms with E-state index in [1.54, 1.807) is 6.07 Å². The highest BCUT2D eigenvalue weighted by Crippen LogP contribution is 2.22. The highest BCUT2D eigenvalue weighted by Gasteiger charge is 2.20. The largest absolute Gasteiger partial charge is 0.456 e. The van der Waals surface area contributed by atoms with Gasteiger partial charge >= 0.3 is 5.97 Å². The summed E-state index contributed by atoms with van der Waals surface area (Å²) >= 11 is 3.39. The predicted octanol–water partition coefficient (Wildman–Crippen LogP) is 4.02. The Balaban J connectivity index is 3.09. The van der Waals surface area contributed by atoms with Gasteiger partial charge in [0.25, 0.3) is 0 Å². The highest BCUT2D eigenvalue weighted by molar-refractivity contribution is 9.10. The van der Waals surface area contributed by atoms with Crippen LogP contribution in [0.3, 0.4) is 0 Å². The van der Waals surface area contributed by atoms with Gasteiger partial charge in [0.1, 0.15) is 5.60 Å². The van der Waals surface area contributed by atoms with E-state index in [2.05, 4.69) is 15.9 Å². The second-order valence-corrected chi connectivity index (χ2v) is 5.81. The van der Waals surface area contributed by atoms with Crippen LogP contribution < -0.4 is 0 Å². The molecular formula is C13H17BrO2. The molecule has 1 aromatic carbocycles. The van der Waals surface area contributed by atoms with Gasteiger partial charge in [0.15, 0.2) is 0 Å². The van der Waals surface area contributed by atoms with Crippen molar-refractivity contribution in [2.45, 2.75) is 40.2 Å². The third-order valence-electron chi connectivity index (χ3n) is 2.25. The summed E-state index contributed by atoms with van der Waals surface area (Å²) in [6.07, 6.45) is 0. The minimum absolute atomic E-state index is 0.269. The first kappa shape index (κ1) is 13.2. The van der Waals surface area contributed by atoms with Crippen LogP contribution in [0, 0.1) is 13.8 Å². The Labute approximate surface area is 105 Å². The first-order valence-electron chi connectivity index (χ1n) is 5.21. The lowest BCUT2D eigenvalue weighted by Crippen LogP contribution is -2.24. The Morgan fingerprint density at radius 3 is 2.31 bits per heavy atom. The molecule has 16 heavy (non-hydrogen) atoms. The van der Waals surface area contributed by atoms with Gasteiger partial charge in [-0.05, 0) is 57.9 Å². The summed E-state index contributed by atoms with van der Waals surface area (Å²) < 4.78 is 6.25. The smallest absolute Gasteiger partial charge is 0.338 e. The number of halogens is 1. The molecule has 0 amide bonds. The quantitative estimate of drug-likeness (QED) is 0.728. The Kier molecular flexibility index (Phi) is 3.79. The van der Waals surface area contributed by atoms with Crippen molar-refractivity contribution < 1.29 is 9.53 Å². The van der Waals surface area contributed by atoms with Crippen LogP contribution >= 0.6 is 15.9 Å². The zero-order valence-electron chi connectivity index (χ0n) is 10.3. The molecule has 0 bridgehead atoms. The van der Waals surface area contributed by atoms with E-state index in [-0.39, 0.29) is 5.97 Å². The number of ether oxygens (including phenoxy) is 1. The fourth-order valence-corrected chi connectivity index (χ4v) is 1.93. The van der Waals surface area contributed by atoms with E-state index >= 15 is 0 Å². The maximum absolute atomic E-state index is 11.9. The summed E-state index contributed by atoms with van der Waals surface area (Å²) in [5.41, 5.74) is 2.22. The van der Waals surface area contributed by atoms with E-state index in [4.69, 9.17) is 4.74 Å². The van der Waals surface area contributed by atoms with Crippen LogP contribution in [0.4, 0.5) is 0 Å². The minimum atomic E-state index is -0.459. The Morgan fingerprint density at radius 1 is 1.25 bits per heavy atom. The summed E-state index contributed by atoms with van der Waals surface area (Å²) in [7, 11) is 0. The van der Waals surface area contributed by atoms with Gasteiger partial charge in [-0.25, -0.2) is 4.79 Å². The summed E-state index contributed by atoms with van der Waals surface area (Å²) in [6, 6.07) is 3.79. The highest BCUT2D eigenvalue weighted by atomic mass is 79.9. The molecule has 2 nitrogen and oxygen atoms in total. The molecule has 0 unspecified atom stereocenters. The number of esters is 1. The van der Waals surface area contributed by atoms with Crippen molar-refractivity contribution in [3.63, 3.8) is 0 Å². The van der Waals surface area contributed by atoms with Crippen molar-refractivity contribution in [2.24, 2.45) is 0 Å². The van der Waals surface area contributed by atoms with E-state index < -0.39 is 5.60 Å². The first-order valence-corrected chi connectivity index (χ1v) is 6.00. The Morgan fingerprint density at radius 2 is 1.81 bits per heavy atom. The van der Waals surface area contributed by atoms with Crippen LogP contribution in [-0.2, 0) is 4.74 Å². The lowest BCUT2D eigenvalue weighted by atomic mass is 10.0. The van der Waals surface area contributed by atoms with Crippen LogP contribution in [0.1, 0.15) is 42.3 Å². The predicted molar refractivity (Wildman–Crippen MR) is 68.8 cm³/mol. The molecule has 1 aromatic rings. The first-order chi connectivity index (χ1) is 7.20. The number of carbonyl (C=O) groups is 1.